The van der Waals surface area contributed by atoms with Crippen molar-refractivity contribution in [3.63, 3.8) is 0 Å². The Morgan fingerprint density at radius 2 is 2.24 bits per heavy atom. The summed E-state index contributed by atoms with van der Waals surface area (Å²) in [6.45, 7) is 1.38. The Hall–Kier alpha value is -1.23. The van der Waals surface area contributed by atoms with Crippen LogP contribution in [-0.2, 0) is 31.9 Å². The fourth-order valence-corrected chi connectivity index (χ4v) is 3.66. The van der Waals surface area contributed by atoms with Crippen LogP contribution in [0.2, 0.25) is 10.0 Å². The topological polar surface area (TPSA) is 104 Å². The quantitative estimate of drug-likeness (QED) is 0.756. The molecule has 8 nitrogen and oxygen atoms in total. The molecule has 136 valence electrons. The van der Waals surface area contributed by atoms with Gasteiger partial charge >= 0.3 is 0 Å². The van der Waals surface area contributed by atoms with Crippen molar-refractivity contribution in [3.05, 3.63) is 46.5 Å². The molecule has 3 rings (SSSR count). The minimum Gasteiger partial charge on any atom is -0.342 e. The highest BCUT2D eigenvalue weighted by molar-refractivity contribution is 7.86. The van der Waals surface area contributed by atoms with E-state index < -0.39 is 27.3 Å². The first-order chi connectivity index (χ1) is 11.7. The molecule has 1 aromatic heterocycles. The third kappa shape index (κ3) is 3.81. The lowest BCUT2D eigenvalue weighted by Crippen LogP contribution is -2.38. The number of hydrogen-bond acceptors (Lipinski definition) is 6. The largest absolute Gasteiger partial charge is 0.342 e. The van der Waals surface area contributed by atoms with Crippen LogP contribution in [0.15, 0.2) is 30.9 Å². The normalized spacial score (nSPS) is 25.2. The monoisotopic (exact) mass is 407 g/mol. The van der Waals surface area contributed by atoms with Crippen LogP contribution in [0.1, 0.15) is 12.5 Å². The molecule has 1 unspecified atom stereocenters. The summed E-state index contributed by atoms with van der Waals surface area (Å²) in [6.07, 6.45) is 1.94. The highest BCUT2D eigenvalue weighted by atomic mass is 35.5. The Bertz CT molecular complexity index is 861. The van der Waals surface area contributed by atoms with Crippen molar-refractivity contribution >= 4 is 33.3 Å². The van der Waals surface area contributed by atoms with Crippen molar-refractivity contribution in [1.29, 1.82) is 0 Å². The van der Waals surface area contributed by atoms with Gasteiger partial charge < -0.3 is 9.47 Å². The second-order valence-electron chi connectivity index (χ2n) is 5.66. The maximum Gasteiger partial charge on any atom is 0.270 e. The van der Waals surface area contributed by atoms with Crippen LogP contribution in [0, 0.1) is 0 Å². The molecule has 0 amide bonds. The van der Waals surface area contributed by atoms with E-state index in [1.807, 2.05) is 0 Å². The summed E-state index contributed by atoms with van der Waals surface area (Å²) in [5.74, 6) is -1.39. The molecule has 0 saturated carbocycles. The van der Waals surface area contributed by atoms with E-state index in [0.29, 0.717) is 15.6 Å². The zero-order valence-corrected chi connectivity index (χ0v) is 15.4. The minimum absolute atomic E-state index is 0.0470. The molecule has 1 aliphatic rings. The van der Waals surface area contributed by atoms with Crippen molar-refractivity contribution in [1.82, 2.24) is 14.8 Å². The number of nitrogens with zero attached hydrogens (tertiary/aromatic N) is 3. The predicted octanol–water partition coefficient (Wildman–Crippen LogP) is 2.13. The van der Waals surface area contributed by atoms with E-state index in [4.69, 9.17) is 32.7 Å². The molecule has 1 saturated heterocycles. The first-order valence-corrected chi connectivity index (χ1v) is 9.53. The van der Waals surface area contributed by atoms with Crippen LogP contribution < -0.4 is 0 Å². The molecule has 1 fully saturated rings. The minimum atomic E-state index is -4.29. The number of ether oxygens (including phenoxy) is 2. The molecule has 25 heavy (non-hydrogen) atoms. The average molecular weight is 408 g/mol. The van der Waals surface area contributed by atoms with Crippen LogP contribution in [-0.4, -0.2) is 45.7 Å². The van der Waals surface area contributed by atoms with Gasteiger partial charge in [-0.3, -0.25) is 4.55 Å². The first kappa shape index (κ1) is 18.6. The Morgan fingerprint density at radius 1 is 1.48 bits per heavy atom. The second kappa shape index (κ2) is 6.82. The molecule has 2 aromatic rings. The maximum absolute atomic E-state index is 11.4. The Balaban J connectivity index is 1.99. The highest BCUT2D eigenvalue weighted by Gasteiger charge is 2.48. The van der Waals surface area contributed by atoms with Gasteiger partial charge in [-0.25, -0.2) is 9.67 Å². The molecule has 0 aliphatic carbocycles. The van der Waals surface area contributed by atoms with Gasteiger partial charge in [0, 0.05) is 10.6 Å². The number of aromatic nitrogens is 3. The van der Waals surface area contributed by atoms with Crippen LogP contribution in [0.4, 0.5) is 0 Å². The van der Waals surface area contributed by atoms with Gasteiger partial charge in [-0.1, -0.05) is 29.3 Å². The molecular weight excluding hydrogens is 393 g/mol. The second-order valence-corrected chi connectivity index (χ2v) is 8.27. The Kier molecular flexibility index (Phi) is 5.06. The van der Waals surface area contributed by atoms with Crippen molar-refractivity contribution in [2.75, 3.05) is 6.61 Å². The number of halogens is 2. The number of benzene rings is 1. The van der Waals surface area contributed by atoms with E-state index in [1.165, 1.54) is 30.3 Å². The first-order valence-electron chi connectivity index (χ1n) is 7.27. The van der Waals surface area contributed by atoms with Crippen molar-refractivity contribution < 1.29 is 22.4 Å². The Labute approximate surface area is 154 Å². The molecule has 0 radical (unpaired) electrons. The summed E-state index contributed by atoms with van der Waals surface area (Å²) in [5.41, 5.74) is 0.471. The van der Waals surface area contributed by atoms with Gasteiger partial charge in [0.25, 0.3) is 10.1 Å². The van der Waals surface area contributed by atoms with E-state index in [2.05, 4.69) is 10.1 Å². The van der Waals surface area contributed by atoms with E-state index in [1.54, 1.807) is 12.1 Å². The summed E-state index contributed by atoms with van der Waals surface area (Å²) in [6, 6.07) is 4.80. The van der Waals surface area contributed by atoms with E-state index >= 15 is 0 Å². The standard InChI is InChI=1S/C14H15Cl2N3O5S/c1-9(25(20,21)22)13-5-23-14(24-13,6-19-8-17-7-18-19)11-3-2-10(15)4-12(11)16/h2-4,7-9,13H,5-6H2,1H3,(H,20,21,22)/t9?,13-,14+/m0/s1. The Morgan fingerprint density at radius 3 is 2.84 bits per heavy atom. The summed E-state index contributed by atoms with van der Waals surface area (Å²) in [7, 11) is -4.29. The van der Waals surface area contributed by atoms with Gasteiger partial charge in [0.1, 0.15) is 30.6 Å². The molecular formula is C14H15Cl2N3O5S. The van der Waals surface area contributed by atoms with E-state index in [0.717, 1.165) is 0 Å². The molecule has 3 atom stereocenters. The third-order valence-corrected chi connectivity index (χ3v) is 5.79. The molecule has 0 spiro atoms. The van der Waals surface area contributed by atoms with Crippen LogP contribution >= 0.6 is 23.2 Å². The predicted molar refractivity (Wildman–Crippen MR) is 90.0 cm³/mol. The lowest BCUT2D eigenvalue weighted by molar-refractivity contribution is -0.188. The molecule has 2 heterocycles. The van der Waals surface area contributed by atoms with Gasteiger partial charge in [-0.15, -0.1) is 0 Å². The highest BCUT2D eigenvalue weighted by Crippen LogP contribution is 2.41. The molecule has 1 aliphatic heterocycles. The van der Waals surface area contributed by atoms with E-state index in [9.17, 15) is 13.0 Å². The van der Waals surface area contributed by atoms with Gasteiger partial charge in [-0.05, 0) is 19.1 Å². The van der Waals surface area contributed by atoms with Crippen molar-refractivity contribution in [2.24, 2.45) is 0 Å². The molecule has 1 N–H and O–H groups in total. The lowest BCUT2D eigenvalue weighted by atomic mass is 10.1. The summed E-state index contributed by atoms with van der Waals surface area (Å²) in [4.78, 5) is 3.87. The molecule has 1 aromatic carbocycles. The number of hydrogen-bond donors (Lipinski definition) is 1. The average Bonchev–Trinajstić information content (AvgIpc) is 3.16. The summed E-state index contributed by atoms with van der Waals surface area (Å²) in [5, 5.41) is 3.59. The van der Waals surface area contributed by atoms with Gasteiger partial charge in [0.2, 0.25) is 5.79 Å². The zero-order valence-electron chi connectivity index (χ0n) is 13.0. The van der Waals surface area contributed by atoms with Crippen LogP contribution in [0.3, 0.4) is 0 Å². The SMILES string of the molecule is CC([C@@H]1CO[C@@](Cn2cncn2)(c2ccc(Cl)cc2Cl)O1)S(=O)(=O)O. The van der Waals surface area contributed by atoms with Crippen molar-refractivity contribution in [2.45, 2.75) is 30.6 Å². The molecule has 11 heteroatoms. The lowest BCUT2D eigenvalue weighted by Gasteiger charge is -2.29. The summed E-state index contributed by atoms with van der Waals surface area (Å²) < 4.78 is 45.4. The number of rotatable bonds is 5. The fraction of sp³-hybridized carbons (Fsp3) is 0.429. The third-order valence-electron chi connectivity index (χ3n) is 3.99. The van der Waals surface area contributed by atoms with Gasteiger partial charge in [-0.2, -0.15) is 13.5 Å². The maximum atomic E-state index is 11.4. The van der Waals surface area contributed by atoms with Crippen LogP contribution in [0.25, 0.3) is 0 Å². The zero-order chi connectivity index (χ0) is 18.2. The van der Waals surface area contributed by atoms with Gasteiger partial charge in [0.05, 0.1) is 11.6 Å². The summed E-state index contributed by atoms with van der Waals surface area (Å²) >= 11 is 12.2. The van der Waals surface area contributed by atoms with Crippen molar-refractivity contribution in [3.8, 4) is 0 Å². The van der Waals surface area contributed by atoms with Crippen LogP contribution in [0.5, 0.6) is 0 Å². The van der Waals surface area contributed by atoms with Gasteiger partial charge in [0.15, 0.2) is 0 Å². The molecule has 0 bridgehead atoms. The fourth-order valence-electron chi connectivity index (χ4n) is 2.59. The van der Waals surface area contributed by atoms with E-state index in [-0.39, 0.29) is 13.2 Å². The smallest absolute Gasteiger partial charge is 0.270 e.